The van der Waals surface area contributed by atoms with Gasteiger partial charge in [0.2, 0.25) is 0 Å². The molecule has 1 unspecified atom stereocenters. The molecule has 102 valence electrons. The average Bonchev–Trinajstić information content (AvgIpc) is 2.87. The second kappa shape index (κ2) is 6.53. The van der Waals surface area contributed by atoms with Gasteiger partial charge in [0.1, 0.15) is 0 Å². The highest BCUT2D eigenvalue weighted by molar-refractivity contribution is 5.20. The van der Waals surface area contributed by atoms with Gasteiger partial charge in [0.15, 0.2) is 0 Å². The molecular weight excluding hydrogens is 234 g/mol. The summed E-state index contributed by atoms with van der Waals surface area (Å²) in [7, 11) is 0. The Kier molecular flexibility index (Phi) is 4.74. The Balaban J connectivity index is 2.06. The fourth-order valence-corrected chi connectivity index (χ4v) is 2.20. The molecule has 2 rings (SSSR count). The standard InChI is InChI=1S/C16H23N3/c1-13(2)9-17-10-16-11-18-12-19(16)14(3)15-7-5-4-6-8-15/h4-8,11-14,17H,9-10H2,1-3H3. The lowest BCUT2D eigenvalue weighted by atomic mass is 10.1. The normalized spacial score (nSPS) is 12.8. The fraction of sp³-hybridized carbons (Fsp3) is 0.438. The number of benzene rings is 1. The van der Waals surface area contributed by atoms with Crippen LogP contribution in [0.1, 0.15) is 38.1 Å². The van der Waals surface area contributed by atoms with Crippen molar-refractivity contribution in [3.63, 3.8) is 0 Å². The third kappa shape index (κ3) is 3.67. The van der Waals surface area contributed by atoms with Crippen LogP contribution in [-0.2, 0) is 6.54 Å². The first-order valence-corrected chi connectivity index (χ1v) is 6.95. The summed E-state index contributed by atoms with van der Waals surface area (Å²) in [5.41, 5.74) is 2.54. The molecule has 0 saturated carbocycles. The predicted molar refractivity (Wildman–Crippen MR) is 79.0 cm³/mol. The van der Waals surface area contributed by atoms with E-state index in [0.29, 0.717) is 12.0 Å². The van der Waals surface area contributed by atoms with Crippen LogP contribution in [0.3, 0.4) is 0 Å². The van der Waals surface area contributed by atoms with Gasteiger partial charge in [-0.2, -0.15) is 0 Å². The molecule has 0 fully saturated rings. The predicted octanol–water partition coefficient (Wildman–Crippen LogP) is 3.24. The maximum Gasteiger partial charge on any atom is 0.0954 e. The van der Waals surface area contributed by atoms with Gasteiger partial charge in [0.25, 0.3) is 0 Å². The van der Waals surface area contributed by atoms with Crippen LogP contribution in [0.5, 0.6) is 0 Å². The second-order valence-corrected chi connectivity index (χ2v) is 5.40. The molecule has 0 aliphatic carbocycles. The van der Waals surface area contributed by atoms with Crippen molar-refractivity contribution in [3.05, 3.63) is 54.1 Å². The van der Waals surface area contributed by atoms with Crippen LogP contribution in [0.4, 0.5) is 0 Å². The molecule has 2 aromatic rings. The number of nitrogens with one attached hydrogen (secondary N) is 1. The summed E-state index contributed by atoms with van der Waals surface area (Å²) in [6.45, 7) is 8.55. The Morgan fingerprint density at radius 1 is 1.16 bits per heavy atom. The maximum absolute atomic E-state index is 4.29. The SMILES string of the molecule is CC(C)CNCc1cncn1C(C)c1ccccc1. The number of hydrogen-bond acceptors (Lipinski definition) is 2. The largest absolute Gasteiger partial charge is 0.326 e. The highest BCUT2D eigenvalue weighted by atomic mass is 15.1. The summed E-state index contributed by atoms with van der Waals surface area (Å²) in [5, 5.41) is 3.47. The van der Waals surface area contributed by atoms with E-state index in [4.69, 9.17) is 0 Å². The Morgan fingerprint density at radius 2 is 1.89 bits per heavy atom. The molecule has 0 amide bonds. The van der Waals surface area contributed by atoms with Crippen molar-refractivity contribution in [1.29, 1.82) is 0 Å². The van der Waals surface area contributed by atoms with E-state index in [1.807, 2.05) is 12.5 Å². The smallest absolute Gasteiger partial charge is 0.0954 e. The van der Waals surface area contributed by atoms with Crippen molar-refractivity contribution in [1.82, 2.24) is 14.9 Å². The molecule has 1 N–H and O–H groups in total. The molecule has 3 heteroatoms. The topological polar surface area (TPSA) is 29.9 Å². The first-order valence-electron chi connectivity index (χ1n) is 6.95. The number of rotatable bonds is 6. The summed E-state index contributed by atoms with van der Waals surface area (Å²) in [4.78, 5) is 4.29. The molecule has 0 bridgehead atoms. The molecule has 1 heterocycles. The molecule has 0 spiro atoms. The van der Waals surface area contributed by atoms with Gasteiger partial charge < -0.3 is 9.88 Å². The zero-order valence-electron chi connectivity index (χ0n) is 12.0. The molecule has 1 aromatic heterocycles. The van der Waals surface area contributed by atoms with E-state index in [-0.39, 0.29) is 0 Å². The quantitative estimate of drug-likeness (QED) is 0.861. The van der Waals surface area contributed by atoms with E-state index in [2.05, 4.69) is 66.0 Å². The van der Waals surface area contributed by atoms with Gasteiger partial charge in [-0.25, -0.2) is 4.98 Å². The number of aromatic nitrogens is 2. The first-order chi connectivity index (χ1) is 9.18. The highest BCUT2D eigenvalue weighted by Crippen LogP contribution is 2.19. The zero-order valence-corrected chi connectivity index (χ0v) is 12.0. The van der Waals surface area contributed by atoms with Gasteiger partial charge in [-0.15, -0.1) is 0 Å². The average molecular weight is 257 g/mol. The van der Waals surface area contributed by atoms with Gasteiger partial charge in [-0.05, 0) is 24.9 Å². The fourth-order valence-electron chi connectivity index (χ4n) is 2.20. The number of nitrogens with zero attached hydrogens (tertiary/aromatic N) is 2. The summed E-state index contributed by atoms with van der Waals surface area (Å²) in [6.07, 6.45) is 3.87. The van der Waals surface area contributed by atoms with Crippen LogP contribution in [-0.4, -0.2) is 16.1 Å². The van der Waals surface area contributed by atoms with Gasteiger partial charge in [0.05, 0.1) is 18.1 Å². The third-order valence-electron chi connectivity index (χ3n) is 3.30. The van der Waals surface area contributed by atoms with Crippen molar-refractivity contribution in [2.45, 2.75) is 33.4 Å². The Morgan fingerprint density at radius 3 is 2.58 bits per heavy atom. The molecule has 0 saturated heterocycles. The van der Waals surface area contributed by atoms with E-state index >= 15 is 0 Å². The van der Waals surface area contributed by atoms with Crippen molar-refractivity contribution >= 4 is 0 Å². The minimum absolute atomic E-state index is 0.319. The monoisotopic (exact) mass is 257 g/mol. The van der Waals surface area contributed by atoms with Gasteiger partial charge >= 0.3 is 0 Å². The lowest BCUT2D eigenvalue weighted by molar-refractivity contribution is 0.525. The summed E-state index contributed by atoms with van der Waals surface area (Å²) in [5.74, 6) is 0.669. The zero-order chi connectivity index (χ0) is 13.7. The van der Waals surface area contributed by atoms with Crippen LogP contribution in [0.25, 0.3) is 0 Å². The molecular formula is C16H23N3. The van der Waals surface area contributed by atoms with Crippen LogP contribution in [0.15, 0.2) is 42.9 Å². The van der Waals surface area contributed by atoms with Gasteiger partial charge in [0, 0.05) is 12.7 Å². The summed E-state index contributed by atoms with van der Waals surface area (Å²) in [6, 6.07) is 10.9. The van der Waals surface area contributed by atoms with E-state index in [9.17, 15) is 0 Å². The summed E-state index contributed by atoms with van der Waals surface area (Å²) >= 11 is 0. The lowest BCUT2D eigenvalue weighted by Gasteiger charge is -2.17. The molecule has 0 radical (unpaired) electrons. The van der Waals surface area contributed by atoms with Crippen LogP contribution in [0.2, 0.25) is 0 Å². The van der Waals surface area contributed by atoms with Crippen molar-refractivity contribution < 1.29 is 0 Å². The Hall–Kier alpha value is -1.61. The van der Waals surface area contributed by atoms with E-state index < -0.39 is 0 Å². The van der Waals surface area contributed by atoms with E-state index in [1.54, 1.807) is 0 Å². The number of hydrogen-bond donors (Lipinski definition) is 1. The van der Waals surface area contributed by atoms with Crippen LogP contribution < -0.4 is 5.32 Å². The highest BCUT2D eigenvalue weighted by Gasteiger charge is 2.11. The Bertz CT molecular complexity index is 488. The van der Waals surface area contributed by atoms with Crippen molar-refractivity contribution in [2.75, 3.05) is 6.54 Å². The summed E-state index contributed by atoms with van der Waals surface area (Å²) < 4.78 is 2.24. The van der Waals surface area contributed by atoms with Gasteiger partial charge in [-0.3, -0.25) is 0 Å². The Labute approximate surface area is 115 Å². The van der Waals surface area contributed by atoms with Crippen LogP contribution in [0, 0.1) is 5.92 Å². The lowest BCUT2D eigenvalue weighted by Crippen LogP contribution is -2.21. The van der Waals surface area contributed by atoms with Crippen molar-refractivity contribution in [3.8, 4) is 0 Å². The minimum atomic E-state index is 0.319. The molecule has 19 heavy (non-hydrogen) atoms. The van der Waals surface area contributed by atoms with E-state index in [1.165, 1.54) is 11.3 Å². The number of imidazole rings is 1. The second-order valence-electron chi connectivity index (χ2n) is 5.40. The minimum Gasteiger partial charge on any atom is -0.326 e. The van der Waals surface area contributed by atoms with E-state index in [0.717, 1.165) is 13.1 Å². The maximum atomic E-state index is 4.29. The molecule has 0 aliphatic heterocycles. The van der Waals surface area contributed by atoms with Gasteiger partial charge in [-0.1, -0.05) is 44.2 Å². The molecule has 3 nitrogen and oxygen atoms in total. The van der Waals surface area contributed by atoms with Crippen LogP contribution >= 0.6 is 0 Å². The molecule has 1 atom stereocenters. The first kappa shape index (κ1) is 13.8. The third-order valence-corrected chi connectivity index (χ3v) is 3.30. The molecule has 1 aromatic carbocycles. The molecule has 0 aliphatic rings. The van der Waals surface area contributed by atoms with Crippen molar-refractivity contribution in [2.24, 2.45) is 5.92 Å².